The largest absolute Gasteiger partial charge is 0.336 e. The van der Waals surface area contributed by atoms with Gasteiger partial charge in [-0.2, -0.15) is 0 Å². The van der Waals surface area contributed by atoms with E-state index in [1.807, 2.05) is 0 Å². The molecular formula is C21H39N9O3. The minimum atomic E-state index is -0.372. The molecule has 0 radical (unpaired) electrons. The van der Waals surface area contributed by atoms with Gasteiger partial charge in [0.15, 0.2) is 0 Å². The first-order valence-corrected chi connectivity index (χ1v) is 11.1. The van der Waals surface area contributed by atoms with Crippen molar-refractivity contribution in [2.75, 3.05) is 78.5 Å². The number of benzene rings is 1. The number of carbonyl (C=O) groups is 3. The molecule has 0 aromatic heterocycles. The average molecular weight is 466 g/mol. The molecule has 12 heteroatoms. The Morgan fingerprint density at radius 1 is 0.455 bits per heavy atom. The third kappa shape index (κ3) is 8.35. The molecule has 0 fully saturated rings. The lowest BCUT2D eigenvalue weighted by Crippen LogP contribution is -2.41. The predicted molar refractivity (Wildman–Crippen MR) is 128 cm³/mol. The highest BCUT2D eigenvalue weighted by Gasteiger charge is 2.24. The quantitative estimate of drug-likeness (QED) is 0.153. The zero-order chi connectivity index (χ0) is 24.8. The molecule has 0 aliphatic heterocycles. The lowest BCUT2D eigenvalue weighted by Gasteiger charge is -2.25. The molecule has 0 saturated heterocycles. The molecule has 0 bridgehead atoms. The molecule has 33 heavy (non-hydrogen) atoms. The lowest BCUT2D eigenvalue weighted by molar-refractivity contribution is 0.0761. The van der Waals surface area contributed by atoms with Gasteiger partial charge in [-0.25, -0.2) is 0 Å². The second kappa shape index (κ2) is 15.3. The highest BCUT2D eigenvalue weighted by Crippen LogP contribution is 2.17. The minimum absolute atomic E-state index is 0.187. The SMILES string of the molecule is NCCN(CCN)C(=O)c1cc(C(=O)N(CCN)CCN)cc(C(=O)N(CCN)CCN)c1. The van der Waals surface area contributed by atoms with Gasteiger partial charge in [-0.3, -0.25) is 14.4 Å². The zero-order valence-corrected chi connectivity index (χ0v) is 19.2. The Morgan fingerprint density at radius 2 is 0.636 bits per heavy atom. The minimum Gasteiger partial charge on any atom is -0.336 e. The van der Waals surface area contributed by atoms with Crippen LogP contribution in [0.15, 0.2) is 18.2 Å². The van der Waals surface area contributed by atoms with Gasteiger partial charge < -0.3 is 49.1 Å². The molecule has 0 aliphatic rings. The van der Waals surface area contributed by atoms with Gasteiger partial charge >= 0.3 is 0 Å². The fraction of sp³-hybridized carbons (Fsp3) is 0.571. The van der Waals surface area contributed by atoms with E-state index in [-0.39, 0.29) is 113 Å². The van der Waals surface area contributed by atoms with E-state index in [0.29, 0.717) is 0 Å². The van der Waals surface area contributed by atoms with E-state index >= 15 is 0 Å². The van der Waals surface area contributed by atoms with Crippen LogP contribution < -0.4 is 34.4 Å². The maximum atomic E-state index is 13.2. The standard InChI is InChI=1S/C21H39N9O3/c22-1-7-28(8-2-23)19(31)16-13-17(20(32)29(9-3-24)10-4-25)15-18(14-16)21(33)30(11-5-26)12-6-27/h13-15H,1-12,22-27H2. The van der Waals surface area contributed by atoms with Crippen LogP contribution in [0.2, 0.25) is 0 Å². The second-order valence-electron chi connectivity index (χ2n) is 7.41. The van der Waals surface area contributed by atoms with E-state index < -0.39 is 0 Å². The van der Waals surface area contributed by atoms with E-state index in [9.17, 15) is 14.4 Å². The monoisotopic (exact) mass is 465 g/mol. The van der Waals surface area contributed by atoms with E-state index in [1.54, 1.807) is 0 Å². The average Bonchev–Trinajstić information content (AvgIpc) is 2.82. The van der Waals surface area contributed by atoms with E-state index in [1.165, 1.54) is 32.9 Å². The summed E-state index contributed by atoms with van der Waals surface area (Å²) in [7, 11) is 0. The van der Waals surface area contributed by atoms with E-state index in [0.717, 1.165) is 0 Å². The number of nitrogens with two attached hydrogens (primary N) is 6. The molecule has 1 aromatic rings. The fourth-order valence-corrected chi connectivity index (χ4v) is 3.43. The number of rotatable bonds is 15. The van der Waals surface area contributed by atoms with Gasteiger partial charge in [0.05, 0.1) is 0 Å². The summed E-state index contributed by atoms with van der Waals surface area (Å²) >= 11 is 0. The zero-order valence-electron chi connectivity index (χ0n) is 19.2. The first-order valence-electron chi connectivity index (χ1n) is 11.1. The third-order valence-corrected chi connectivity index (χ3v) is 4.93. The molecule has 0 atom stereocenters. The van der Waals surface area contributed by atoms with Crippen LogP contribution in [0.1, 0.15) is 31.1 Å². The fourth-order valence-electron chi connectivity index (χ4n) is 3.43. The van der Waals surface area contributed by atoms with Crippen LogP contribution in [0, 0.1) is 0 Å². The van der Waals surface area contributed by atoms with Crippen LogP contribution in [-0.4, -0.2) is 111 Å². The van der Waals surface area contributed by atoms with Crippen molar-refractivity contribution < 1.29 is 14.4 Å². The van der Waals surface area contributed by atoms with Crippen LogP contribution in [0.3, 0.4) is 0 Å². The Bertz CT molecular complexity index is 645. The Hall–Kier alpha value is -2.61. The highest BCUT2D eigenvalue weighted by molar-refractivity contribution is 6.04. The van der Waals surface area contributed by atoms with Crippen LogP contribution >= 0.6 is 0 Å². The van der Waals surface area contributed by atoms with Crippen LogP contribution in [0.4, 0.5) is 0 Å². The van der Waals surface area contributed by atoms with Gasteiger partial charge in [-0.15, -0.1) is 0 Å². The Labute approximate surface area is 195 Å². The number of carbonyl (C=O) groups excluding carboxylic acids is 3. The summed E-state index contributed by atoms with van der Waals surface area (Å²) in [4.78, 5) is 44.1. The molecule has 0 aliphatic carbocycles. The van der Waals surface area contributed by atoms with Crippen molar-refractivity contribution in [2.24, 2.45) is 34.4 Å². The summed E-state index contributed by atoms with van der Waals surface area (Å²) in [5, 5.41) is 0. The molecule has 1 rings (SSSR count). The lowest BCUT2D eigenvalue weighted by atomic mass is 10.0. The first kappa shape index (κ1) is 28.4. The topological polar surface area (TPSA) is 217 Å². The van der Waals surface area contributed by atoms with Crippen LogP contribution in [0.25, 0.3) is 0 Å². The van der Waals surface area contributed by atoms with Gasteiger partial charge in [-0.05, 0) is 18.2 Å². The molecule has 12 nitrogen and oxygen atoms in total. The summed E-state index contributed by atoms with van der Waals surface area (Å²) in [6.45, 7) is 3.22. The van der Waals surface area contributed by atoms with Crippen molar-refractivity contribution in [1.29, 1.82) is 0 Å². The molecule has 0 saturated carbocycles. The molecule has 0 unspecified atom stereocenters. The van der Waals surface area contributed by atoms with Crippen molar-refractivity contribution in [1.82, 2.24) is 14.7 Å². The number of hydrogen-bond donors (Lipinski definition) is 6. The van der Waals surface area contributed by atoms with Crippen LogP contribution in [-0.2, 0) is 0 Å². The van der Waals surface area contributed by atoms with Gasteiger partial charge in [0.2, 0.25) is 0 Å². The number of nitrogens with zero attached hydrogens (tertiary/aromatic N) is 3. The molecule has 3 amide bonds. The molecule has 1 aromatic carbocycles. The van der Waals surface area contributed by atoms with Crippen molar-refractivity contribution >= 4 is 17.7 Å². The molecule has 12 N–H and O–H groups in total. The third-order valence-electron chi connectivity index (χ3n) is 4.93. The van der Waals surface area contributed by atoms with Crippen molar-refractivity contribution in [2.45, 2.75) is 0 Å². The Morgan fingerprint density at radius 3 is 0.788 bits per heavy atom. The Kier molecular flexibility index (Phi) is 13.1. The van der Waals surface area contributed by atoms with Gasteiger partial charge in [0, 0.05) is 95.2 Å². The smallest absolute Gasteiger partial charge is 0.253 e. The summed E-state index contributed by atoms with van der Waals surface area (Å²) < 4.78 is 0. The van der Waals surface area contributed by atoms with Gasteiger partial charge in [0.1, 0.15) is 0 Å². The maximum Gasteiger partial charge on any atom is 0.253 e. The molecule has 186 valence electrons. The van der Waals surface area contributed by atoms with Crippen molar-refractivity contribution in [3.63, 3.8) is 0 Å². The van der Waals surface area contributed by atoms with Gasteiger partial charge in [0.25, 0.3) is 17.7 Å². The van der Waals surface area contributed by atoms with E-state index in [4.69, 9.17) is 34.4 Å². The predicted octanol–water partition coefficient (Wildman–Crippen LogP) is -3.23. The second-order valence-corrected chi connectivity index (χ2v) is 7.41. The normalized spacial score (nSPS) is 10.7. The Balaban J connectivity index is 3.53. The summed E-state index contributed by atoms with van der Waals surface area (Å²) in [6.07, 6.45) is 0. The van der Waals surface area contributed by atoms with Crippen LogP contribution in [0.5, 0.6) is 0 Å². The molecular weight excluding hydrogens is 426 g/mol. The molecule has 0 spiro atoms. The molecule has 0 heterocycles. The summed E-state index contributed by atoms with van der Waals surface area (Å²) in [6, 6.07) is 4.41. The summed E-state index contributed by atoms with van der Waals surface area (Å²) in [5.41, 5.74) is 34.4. The number of amides is 3. The van der Waals surface area contributed by atoms with Gasteiger partial charge in [-0.1, -0.05) is 0 Å². The maximum absolute atomic E-state index is 13.2. The number of hydrogen-bond acceptors (Lipinski definition) is 9. The van der Waals surface area contributed by atoms with Crippen molar-refractivity contribution in [3.8, 4) is 0 Å². The van der Waals surface area contributed by atoms with E-state index in [2.05, 4.69) is 0 Å². The first-order chi connectivity index (χ1) is 15.9. The summed E-state index contributed by atoms with van der Waals surface area (Å²) in [5.74, 6) is -1.12. The van der Waals surface area contributed by atoms with Crippen molar-refractivity contribution in [3.05, 3.63) is 34.9 Å². The highest BCUT2D eigenvalue weighted by atomic mass is 16.2.